The van der Waals surface area contributed by atoms with Crippen molar-refractivity contribution in [2.75, 3.05) is 18.6 Å². The average molecular weight is 411 g/mol. The molecule has 0 unspecified atom stereocenters. The number of hydrogen-bond acceptors (Lipinski definition) is 5. The maximum Gasteiger partial charge on any atom is 0.339 e. The number of benzene rings is 2. The summed E-state index contributed by atoms with van der Waals surface area (Å²) in [5.74, 6) is 0.569. The molecule has 6 heteroatoms. The third-order valence-electron chi connectivity index (χ3n) is 5.05. The first-order chi connectivity index (χ1) is 14.3. The lowest BCUT2D eigenvalue weighted by Crippen LogP contribution is -2.43. The van der Waals surface area contributed by atoms with Crippen LogP contribution >= 0.6 is 0 Å². The molecule has 1 heterocycles. The van der Waals surface area contributed by atoms with E-state index in [4.69, 9.17) is 14.2 Å². The molecule has 1 aliphatic rings. The normalized spacial score (nSPS) is 16.2. The highest BCUT2D eigenvalue weighted by molar-refractivity contribution is 6.01. The highest BCUT2D eigenvalue weighted by atomic mass is 16.5. The number of rotatable bonds is 7. The summed E-state index contributed by atoms with van der Waals surface area (Å²) < 4.78 is 16.6. The quantitative estimate of drug-likeness (QED) is 0.637. The second-order valence-electron chi connectivity index (χ2n) is 8.01. The van der Waals surface area contributed by atoms with Crippen LogP contribution in [-0.4, -0.2) is 37.7 Å². The Morgan fingerprint density at radius 3 is 2.53 bits per heavy atom. The highest BCUT2D eigenvalue weighted by Crippen LogP contribution is 2.33. The van der Waals surface area contributed by atoms with Crippen LogP contribution in [-0.2, 0) is 16.0 Å². The number of amides is 1. The molecular weight excluding hydrogens is 382 g/mol. The van der Waals surface area contributed by atoms with Crippen molar-refractivity contribution < 1.29 is 23.8 Å². The van der Waals surface area contributed by atoms with Crippen LogP contribution in [0.2, 0.25) is 0 Å². The summed E-state index contributed by atoms with van der Waals surface area (Å²) >= 11 is 0. The van der Waals surface area contributed by atoms with Crippen LogP contribution in [0.1, 0.15) is 43.6 Å². The first-order valence-electron chi connectivity index (χ1n) is 10.2. The van der Waals surface area contributed by atoms with Gasteiger partial charge in [-0.25, -0.2) is 4.79 Å². The molecule has 0 bridgehead atoms. The highest BCUT2D eigenvalue weighted by Gasteiger charge is 2.34. The lowest BCUT2D eigenvalue weighted by Gasteiger charge is -2.26. The van der Waals surface area contributed by atoms with E-state index in [1.165, 1.54) is 7.11 Å². The number of hydrogen-bond donors (Lipinski definition) is 0. The molecule has 0 aromatic heterocycles. The van der Waals surface area contributed by atoms with Gasteiger partial charge in [0, 0.05) is 11.7 Å². The number of nitrogens with zero attached hydrogens (tertiary/aromatic N) is 1. The minimum atomic E-state index is -0.908. The van der Waals surface area contributed by atoms with Crippen LogP contribution in [0.25, 0.3) is 0 Å². The van der Waals surface area contributed by atoms with Crippen molar-refractivity contribution >= 4 is 17.6 Å². The Balaban J connectivity index is 1.70. The minimum absolute atomic E-state index is 0.0218. The maximum absolute atomic E-state index is 13.0. The minimum Gasteiger partial charge on any atom is -0.493 e. The van der Waals surface area contributed by atoms with Crippen molar-refractivity contribution in [1.29, 1.82) is 0 Å². The van der Waals surface area contributed by atoms with Crippen molar-refractivity contribution in [1.82, 2.24) is 0 Å². The van der Waals surface area contributed by atoms with Gasteiger partial charge in [0.2, 0.25) is 0 Å². The molecule has 3 rings (SSSR count). The first kappa shape index (κ1) is 21.7. The largest absolute Gasteiger partial charge is 0.493 e. The Bertz CT molecular complexity index is 924. The zero-order chi connectivity index (χ0) is 21.8. The summed E-state index contributed by atoms with van der Waals surface area (Å²) in [5, 5.41) is 0. The number of ether oxygens (including phenoxy) is 3. The third-order valence-corrected chi connectivity index (χ3v) is 5.05. The summed E-state index contributed by atoms with van der Waals surface area (Å²) in [7, 11) is 1.52. The monoisotopic (exact) mass is 411 g/mol. The lowest BCUT2D eigenvalue weighted by molar-refractivity contribution is -0.126. The van der Waals surface area contributed by atoms with E-state index in [1.807, 2.05) is 31.2 Å². The van der Waals surface area contributed by atoms with E-state index >= 15 is 0 Å². The fraction of sp³-hybridized carbons (Fsp3) is 0.417. The van der Waals surface area contributed by atoms with Crippen LogP contribution in [0.3, 0.4) is 0 Å². The van der Waals surface area contributed by atoms with Gasteiger partial charge < -0.3 is 19.1 Å². The fourth-order valence-corrected chi connectivity index (χ4v) is 3.55. The summed E-state index contributed by atoms with van der Waals surface area (Å²) in [6.07, 6.45) is -0.119. The standard InChI is InChI=1S/C24H29NO5/c1-15(2)14-29-21-11-10-19(13-22(21)28-5)24(27)30-17(4)23(26)25-16(3)12-18-8-6-7-9-20(18)25/h6-11,13,15-17H,12,14H2,1-5H3/t16-,17-/m1/s1. The molecule has 0 saturated carbocycles. The van der Waals surface area contributed by atoms with Gasteiger partial charge in [0.1, 0.15) is 0 Å². The van der Waals surface area contributed by atoms with Crippen molar-refractivity contribution in [3.63, 3.8) is 0 Å². The molecule has 0 radical (unpaired) electrons. The Labute approximate surface area is 177 Å². The van der Waals surface area contributed by atoms with Crippen LogP contribution in [0.4, 0.5) is 5.69 Å². The molecule has 30 heavy (non-hydrogen) atoms. The number of anilines is 1. The molecule has 160 valence electrons. The molecule has 1 aliphatic heterocycles. The Hall–Kier alpha value is -3.02. The molecule has 2 aromatic rings. The molecular formula is C24H29NO5. The predicted octanol–water partition coefficient (Wildman–Crippen LogP) is 4.25. The van der Waals surface area contributed by atoms with Crippen molar-refractivity contribution in [2.24, 2.45) is 5.92 Å². The number of esters is 1. The number of methoxy groups -OCH3 is 1. The van der Waals surface area contributed by atoms with Crippen LogP contribution in [0.15, 0.2) is 42.5 Å². The Morgan fingerprint density at radius 1 is 1.10 bits per heavy atom. The van der Waals surface area contributed by atoms with E-state index in [9.17, 15) is 9.59 Å². The lowest BCUT2D eigenvalue weighted by atomic mass is 10.1. The second-order valence-corrected chi connectivity index (χ2v) is 8.01. The van der Waals surface area contributed by atoms with Gasteiger partial charge in [-0.2, -0.15) is 0 Å². The molecule has 0 spiro atoms. The summed E-state index contributed by atoms with van der Waals surface area (Å²) in [6.45, 7) is 8.24. The van der Waals surface area contributed by atoms with E-state index < -0.39 is 12.1 Å². The SMILES string of the molecule is COc1cc(C(=O)O[C@H](C)C(=O)N2c3ccccc3C[C@H]2C)ccc1OCC(C)C. The Morgan fingerprint density at radius 2 is 1.83 bits per heavy atom. The maximum atomic E-state index is 13.0. The van der Waals surface area contributed by atoms with E-state index in [1.54, 1.807) is 30.0 Å². The third kappa shape index (κ3) is 4.58. The average Bonchev–Trinajstić information content (AvgIpc) is 3.06. The van der Waals surface area contributed by atoms with Gasteiger partial charge in [0.05, 0.1) is 19.3 Å². The number of carbonyl (C=O) groups is 2. The molecule has 6 nitrogen and oxygen atoms in total. The van der Waals surface area contributed by atoms with Crippen LogP contribution in [0, 0.1) is 5.92 Å². The van der Waals surface area contributed by atoms with Gasteiger partial charge in [-0.1, -0.05) is 32.0 Å². The molecule has 2 aromatic carbocycles. The van der Waals surface area contributed by atoms with E-state index in [-0.39, 0.29) is 11.9 Å². The fourth-order valence-electron chi connectivity index (χ4n) is 3.55. The smallest absolute Gasteiger partial charge is 0.339 e. The van der Waals surface area contributed by atoms with Crippen molar-refractivity contribution in [2.45, 2.75) is 46.3 Å². The van der Waals surface area contributed by atoms with E-state index in [0.717, 1.165) is 17.7 Å². The van der Waals surface area contributed by atoms with Crippen molar-refractivity contribution in [3.8, 4) is 11.5 Å². The summed E-state index contributed by atoms with van der Waals surface area (Å²) in [6, 6.07) is 12.7. The Kier molecular flexibility index (Phi) is 6.65. The van der Waals surface area contributed by atoms with Crippen molar-refractivity contribution in [3.05, 3.63) is 53.6 Å². The molecule has 1 amide bonds. The topological polar surface area (TPSA) is 65.1 Å². The van der Waals surface area contributed by atoms with Gasteiger partial charge in [-0.15, -0.1) is 0 Å². The summed E-state index contributed by atoms with van der Waals surface area (Å²) in [4.78, 5) is 27.4. The molecule has 0 fully saturated rings. The van der Waals surface area contributed by atoms with E-state index in [2.05, 4.69) is 13.8 Å². The molecule has 0 aliphatic carbocycles. The van der Waals surface area contributed by atoms with Gasteiger partial charge in [-0.3, -0.25) is 4.79 Å². The molecule has 0 N–H and O–H groups in total. The van der Waals surface area contributed by atoms with Gasteiger partial charge in [0.25, 0.3) is 5.91 Å². The number of para-hydroxylation sites is 1. The zero-order valence-electron chi connectivity index (χ0n) is 18.2. The second kappa shape index (κ2) is 9.20. The molecule has 0 saturated heterocycles. The number of carbonyl (C=O) groups excluding carboxylic acids is 2. The van der Waals surface area contributed by atoms with E-state index in [0.29, 0.717) is 29.6 Å². The molecule has 2 atom stereocenters. The van der Waals surface area contributed by atoms with Crippen LogP contribution < -0.4 is 14.4 Å². The van der Waals surface area contributed by atoms with Gasteiger partial charge >= 0.3 is 5.97 Å². The predicted molar refractivity (Wildman–Crippen MR) is 115 cm³/mol. The van der Waals surface area contributed by atoms with Crippen LogP contribution in [0.5, 0.6) is 11.5 Å². The zero-order valence-corrected chi connectivity index (χ0v) is 18.2. The number of fused-ring (bicyclic) bond motifs is 1. The van der Waals surface area contributed by atoms with Gasteiger partial charge in [-0.05, 0) is 56.0 Å². The first-order valence-corrected chi connectivity index (χ1v) is 10.2. The summed E-state index contributed by atoms with van der Waals surface area (Å²) in [5.41, 5.74) is 2.31. The van der Waals surface area contributed by atoms with Gasteiger partial charge in [0.15, 0.2) is 17.6 Å².